The van der Waals surface area contributed by atoms with Crippen LogP contribution in [-0.2, 0) is 16.1 Å². The largest absolute Gasteiger partial charge is 0.379 e. The molecule has 150 valence electrons. The van der Waals surface area contributed by atoms with Crippen LogP contribution < -0.4 is 10.6 Å². The Hall–Kier alpha value is -3.06. The summed E-state index contributed by atoms with van der Waals surface area (Å²) >= 11 is 0. The van der Waals surface area contributed by atoms with Crippen molar-refractivity contribution in [3.63, 3.8) is 0 Å². The summed E-state index contributed by atoms with van der Waals surface area (Å²) in [6, 6.07) is 13.5. The SMILES string of the molecule is CO[C@@H]1CC[C@H](C(=O)NCc2ccccn2)C[C@H]1Nc1cnc2ccccc2n1. The van der Waals surface area contributed by atoms with Gasteiger partial charge >= 0.3 is 0 Å². The molecule has 2 aromatic heterocycles. The van der Waals surface area contributed by atoms with E-state index in [-0.39, 0.29) is 24.0 Å². The summed E-state index contributed by atoms with van der Waals surface area (Å²) in [4.78, 5) is 26.1. The van der Waals surface area contributed by atoms with Gasteiger partial charge in [0.1, 0.15) is 5.82 Å². The van der Waals surface area contributed by atoms with Gasteiger partial charge in [-0.05, 0) is 43.5 Å². The number of para-hydroxylation sites is 2. The number of benzene rings is 1. The molecule has 7 nitrogen and oxygen atoms in total. The quantitative estimate of drug-likeness (QED) is 0.672. The summed E-state index contributed by atoms with van der Waals surface area (Å²) in [5, 5.41) is 6.45. The molecule has 3 atom stereocenters. The third kappa shape index (κ3) is 4.68. The number of anilines is 1. The van der Waals surface area contributed by atoms with Crippen LogP contribution in [0.3, 0.4) is 0 Å². The highest BCUT2D eigenvalue weighted by atomic mass is 16.5. The third-order valence-corrected chi connectivity index (χ3v) is 5.41. The Morgan fingerprint density at radius 2 is 1.93 bits per heavy atom. The van der Waals surface area contributed by atoms with Crippen LogP contribution in [0.2, 0.25) is 0 Å². The number of hydrogen-bond donors (Lipinski definition) is 2. The molecule has 0 unspecified atom stereocenters. The Balaban J connectivity index is 1.41. The smallest absolute Gasteiger partial charge is 0.223 e. The molecule has 1 saturated carbocycles. The molecule has 2 heterocycles. The van der Waals surface area contributed by atoms with E-state index < -0.39 is 0 Å². The maximum atomic E-state index is 12.7. The van der Waals surface area contributed by atoms with Crippen LogP contribution >= 0.6 is 0 Å². The van der Waals surface area contributed by atoms with Gasteiger partial charge in [-0.15, -0.1) is 0 Å². The lowest BCUT2D eigenvalue weighted by Gasteiger charge is -2.35. The van der Waals surface area contributed by atoms with Crippen molar-refractivity contribution < 1.29 is 9.53 Å². The van der Waals surface area contributed by atoms with E-state index in [1.165, 1.54) is 0 Å². The van der Waals surface area contributed by atoms with Crippen molar-refractivity contribution >= 4 is 22.8 Å². The highest BCUT2D eigenvalue weighted by Gasteiger charge is 2.34. The Kier molecular flexibility index (Phi) is 5.95. The normalized spacial score (nSPS) is 21.6. The number of ether oxygens (including phenoxy) is 1. The molecule has 1 aliphatic rings. The number of nitrogens with one attached hydrogen (secondary N) is 2. The van der Waals surface area contributed by atoms with E-state index in [0.29, 0.717) is 18.8 Å². The summed E-state index contributed by atoms with van der Waals surface area (Å²) in [5.74, 6) is 0.683. The van der Waals surface area contributed by atoms with Crippen LogP contribution in [0.5, 0.6) is 0 Å². The standard InChI is InChI=1S/C22H25N5O2/c1-29-20-10-9-15(22(28)25-13-16-6-4-5-11-23-16)12-19(20)27-21-14-24-17-7-2-3-8-18(17)26-21/h2-8,11,14-15,19-20H,9-10,12-13H2,1H3,(H,25,28)(H,26,27)/t15-,19+,20+/m0/s1. The predicted octanol–water partition coefficient (Wildman–Crippen LogP) is 2.94. The van der Waals surface area contributed by atoms with Gasteiger partial charge in [0.15, 0.2) is 0 Å². The molecule has 1 fully saturated rings. The van der Waals surface area contributed by atoms with E-state index in [1.807, 2.05) is 42.5 Å². The van der Waals surface area contributed by atoms with Crippen LogP contribution in [-0.4, -0.2) is 40.1 Å². The number of rotatable bonds is 6. The molecule has 0 saturated heterocycles. The van der Waals surface area contributed by atoms with Gasteiger partial charge in [0.25, 0.3) is 0 Å². The van der Waals surface area contributed by atoms with Gasteiger partial charge in [0.2, 0.25) is 5.91 Å². The minimum atomic E-state index is -0.0731. The van der Waals surface area contributed by atoms with Gasteiger partial charge < -0.3 is 15.4 Å². The fraction of sp³-hybridized carbons (Fsp3) is 0.364. The molecule has 0 aliphatic heterocycles. The van der Waals surface area contributed by atoms with Gasteiger partial charge in [-0.1, -0.05) is 18.2 Å². The molecule has 2 N–H and O–H groups in total. The average Bonchev–Trinajstić information content (AvgIpc) is 2.78. The molecule has 1 aliphatic carbocycles. The van der Waals surface area contributed by atoms with E-state index in [4.69, 9.17) is 4.74 Å². The number of aromatic nitrogens is 3. The van der Waals surface area contributed by atoms with Crippen molar-refractivity contribution in [3.8, 4) is 0 Å². The maximum Gasteiger partial charge on any atom is 0.223 e. The highest BCUT2D eigenvalue weighted by molar-refractivity contribution is 5.79. The van der Waals surface area contributed by atoms with Crippen LogP contribution in [0, 0.1) is 5.92 Å². The number of carbonyl (C=O) groups is 1. The molecular weight excluding hydrogens is 366 g/mol. The first-order valence-electron chi connectivity index (χ1n) is 9.91. The molecule has 0 radical (unpaired) electrons. The van der Waals surface area contributed by atoms with E-state index in [0.717, 1.165) is 29.6 Å². The van der Waals surface area contributed by atoms with Crippen molar-refractivity contribution in [2.45, 2.75) is 38.0 Å². The summed E-state index contributed by atoms with van der Waals surface area (Å²) < 4.78 is 5.67. The summed E-state index contributed by atoms with van der Waals surface area (Å²) in [5.41, 5.74) is 2.55. The summed E-state index contributed by atoms with van der Waals surface area (Å²) in [6.07, 6.45) is 5.80. The number of amides is 1. The first-order chi connectivity index (χ1) is 14.2. The lowest BCUT2D eigenvalue weighted by atomic mass is 9.83. The summed E-state index contributed by atoms with van der Waals surface area (Å²) in [6.45, 7) is 0.443. The lowest BCUT2D eigenvalue weighted by molar-refractivity contribution is -0.127. The number of nitrogens with zero attached hydrogens (tertiary/aromatic N) is 3. The maximum absolute atomic E-state index is 12.7. The predicted molar refractivity (Wildman–Crippen MR) is 111 cm³/mol. The van der Waals surface area contributed by atoms with Crippen molar-refractivity contribution in [1.82, 2.24) is 20.3 Å². The molecule has 1 aromatic carbocycles. The minimum Gasteiger partial charge on any atom is -0.379 e. The lowest BCUT2D eigenvalue weighted by Crippen LogP contribution is -2.45. The molecule has 0 bridgehead atoms. The zero-order valence-corrected chi connectivity index (χ0v) is 16.4. The van der Waals surface area contributed by atoms with Crippen LogP contribution in [0.25, 0.3) is 11.0 Å². The van der Waals surface area contributed by atoms with Gasteiger partial charge in [0.05, 0.1) is 41.6 Å². The van der Waals surface area contributed by atoms with Gasteiger partial charge in [-0.25, -0.2) is 4.98 Å². The van der Waals surface area contributed by atoms with E-state index in [9.17, 15) is 4.79 Å². The Morgan fingerprint density at radius 3 is 2.72 bits per heavy atom. The monoisotopic (exact) mass is 391 g/mol. The zero-order chi connectivity index (χ0) is 20.1. The average molecular weight is 391 g/mol. The van der Waals surface area contributed by atoms with Gasteiger partial charge in [-0.2, -0.15) is 0 Å². The van der Waals surface area contributed by atoms with E-state index in [1.54, 1.807) is 19.5 Å². The molecular formula is C22H25N5O2. The molecule has 4 rings (SSSR count). The third-order valence-electron chi connectivity index (χ3n) is 5.41. The second-order valence-corrected chi connectivity index (χ2v) is 7.32. The van der Waals surface area contributed by atoms with Crippen molar-refractivity contribution in [3.05, 3.63) is 60.6 Å². The van der Waals surface area contributed by atoms with Gasteiger partial charge in [-0.3, -0.25) is 14.8 Å². The fourth-order valence-electron chi connectivity index (χ4n) is 3.86. The molecule has 29 heavy (non-hydrogen) atoms. The summed E-state index contributed by atoms with van der Waals surface area (Å²) in [7, 11) is 1.72. The van der Waals surface area contributed by atoms with Gasteiger partial charge in [0, 0.05) is 19.2 Å². The molecule has 7 heteroatoms. The Labute approximate surface area is 169 Å². The molecule has 3 aromatic rings. The number of carbonyl (C=O) groups excluding carboxylic acids is 1. The molecule has 0 spiro atoms. The fourth-order valence-corrected chi connectivity index (χ4v) is 3.86. The zero-order valence-electron chi connectivity index (χ0n) is 16.4. The van der Waals surface area contributed by atoms with Crippen molar-refractivity contribution in [2.75, 3.05) is 12.4 Å². The minimum absolute atomic E-state index is 0.00480. The van der Waals surface area contributed by atoms with Crippen LogP contribution in [0.1, 0.15) is 25.0 Å². The topological polar surface area (TPSA) is 89.0 Å². The van der Waals surface area contributed by atoms with Crippen molar-refractivity contribution in [2.24, 2.45) is 5.92 Å². The highest BCUT2D eigenvalue weighted by Crippen LogP contribution is 2.29. The second-order valence-electron chi connectivity index (χ2n) is 7.32. The van der Waals surface area contributed by atoms with E-state index >= 15 is 0 Å². The van der Waals surface area contributed by atoms with Crippen LogP contribution in [0.15, 0.2) is 54.9 Å². The number of methoxy groups -OCH3 is 1. The number of pyridine rings is 1. The Morgan fingerprint density at radius 1 is 1.10 bits per heavy atom. The first-order valence-corrected chi connectivity index (χ1v) is 9.91. The Bertz CT molecular complexity index is 966. The van der Waals surface area contributed by atoms with Crippen molar-refractivity contribution in [1.29, 1.82) is 0 Å². The van der Waals surface area contributed by atoms with Crippen LogP contribution in [0.4, 0.5) is 5.82 Å². The second kappa shape index (κ2) is 8.96. The van der Waals surface area contributed by atoms with E-state index in [2.05, 4.69) is 25.6 Å². The first kappa shape index (κ1) is 19.3. The number of fused-ring (bicyclic) bond motifs is 1. The molecule has 1 amide bonds. The number of hydrogen-bond acceptors (Lipinski definition) is 6.